The van der Waals surface area contributed by atoms with Gasteiger partial charge in [-0.1, -0.05) is 47.1 Å². The van der Waals surface area contributed by atoms with E-state index < -0.39 is 0 Å². The van der Waals surface area contributed by atoms with Gasteiger partial charge in [-0.05, 0) is 30.3 Å². The van der Waals surface area contributed by atoms with Crippen LogP contribution in [0.25, 0.3) is 11.0 Å². The van der Waals surface area contributed by atoms with E-state index in [0.717, 1.165) is 22.8 Å². The molecule has 11 heteroatoms. The molecule has 152 valence electrons. The number of carbonyl (C=O) groups is 1. The summed E-state index contributed by atoms with van der Waals surface area (Å²) in [7, 11) is 0. The molecular weight excluding hydrogens is 449 g/mol. The Kier molecular flexibility index (Phi) is 6.32. The first-order valence-electron chi connectivity index (χ1n) is 8.61. The first-order chi connectivity index (χ1) is 14.6. The molecule has 0 aliphatic rings. The second-order valence-corrected chi connectivity index (χ2v) is 7.68. The van der Waals surface area contributed by atoms with Crippen LogP contribution >= 0.6 is 35.0 Å². The lowest BCUT2D eigenvalue weighted by Gasteiger charge is -2.06. The summed E-state index contributed by atoms with van der Waals surface area (Å²) in [5, 5.41) is 11.6. The number of amides is 1. The van der Waals surface area contributed by atoms with Crippen molar-refractivity contribution in [1.29, 1.82) is 0 Å². The number of benzene rings is 2. The number of carbonyl (C=O) groups excluding carboxylic acids is 1. The van der Waals surface area contributed by atoms with Crippen molar-refractivity contribution in [3.63, 3.8) is 0 Å². The SMILES string of the molecule is O=C(CSc1nnc(COc2cnc3ccccc3n2)o1)Nc1cc(Cl)ccc1Cl. The number of anilines is 1. The Morgan fingerprint density at radius 3 is 2.83 bits per heavy atom. The monoisotopic (exact) mass is 461 g/mol. The van der Waals surface area contributed by atoms with Crippen molar-refractivity contribution in [2.75, 3.05) is 11.1 Å². The van der Waals surface area contributed by atoms with Crippen molar-refractivity contribution < 1.29 is 13.9 Å². The summed E-state index contributed by atoms with van der Waals surface area (Å²) >= 11 is 13.0. The van der Waals surface area contributed by atoms with Gasteiger partial charge in [0, 0.05) is 5.02 Å². The van der Waals surface area contributed by atoms with Gasteiger partial charge in [-0.25, -0.2) is 9.97 Å². The van der Waals surface area contributed by atoms with Gasteiger partial charge in [-0.2, -0.15) is 0 Å². The molecule has 0 saturated carbocycles. The number of nitrogens with one attached hydrogen (secondary N) is 1. The highest BCUT2D eigenvalue weighted by molar-refractivity contribution is 7.99. The highest BCUT2D eigenvalue weighted by Gasteiger charge is 2.12. The first-order valence-corrected chi connectivity index (χ1v) is 10.4. The minimum atomic E-state index is -0.286. The molecule has 1 N–H and O–H groups in total. The number of aromatic nitrogens is 4. The molecule has 0 atom stereocenters. The quantitative estimate of drug-likeness (QED) is 0.397. The summed E-state index contributed by atoms with van der Waals surface area (Å²) in [5.74, 6) is 0.373. The van der Waals surface area contributed by atoms with Crippen LogP contribution in [0.5, 0.6) is 5.88 Å². The third-order valence-corrected chi connectivity index (χ3v) is 5.13. The van der Waals surface area contributed by atoms with E-state index in [-0.39, 0.29) is 29.4 Å². The summed E-state index contributed by atoms with van der Waals surface area (Å²) in [6, 6.07) is 12.3. The van der Waals surface area contributed by atoms with Gasteiger partial charge in [-0.15, -0.1) is 10.2 Å². The maximum Gasteiger partial charge on any atom is 0.277 e. The highest BCUT2D eigenvalue weighted by atomic mass is 35.5. The van der Waals surface area contributed by atoms with Gasteiger partial charge in [-0.3, -0.25) is 4.79 Å². The normalized spacial score (nSPS) is 10.9. The second kappa shape index (κ2) is 9.29. The topological polar surface area (TPSA) is 103 Å². The fraction of sp³-hybridized carbons (Fsp3) is 0.105. The largest absolute Gasteiger partial charge is 0.466 e. The lowest BCUT2D eigenvalue weighted by Crippen LogP contribution is -2.14. The number of halogens is 2. The van der Waals surface area contributed by atoms with Crippen LogP contribution < -0.4 is 10.1 Å². The van der Waals surface area contributed by atoms with Gasteiger partial charge >= 0.3 is 0 Å². The van der Waals surface area contributed by atoms with Crippen LogP contribution in [0.4, 0.5) is 5.69 Å². The van der Waals surface area contributed by atoms with E-state index in [9.17, 15) is 4.79 Å². The van der Waals surface area contributed by atoms with Crippen molar-refractivity contribution >= 4 is 57.6 Å². The molecule has 1 amide bonds. The first kappa shape index (κ1) is 20.4. The number of rotatable bonds is 7. The lowest BCUT2D eigenvalue weighted by atomic mass is 10.3. The van der Waals surface area contributed by atoms with E-state index in [4.69, 9.17) is 32.4 Å². The molecule has 2 aromatic carbocycles. The minimum absolute atomic E-state index is 0.0326. The fourth-order valence-corrected chi connectivity index (χ4v) is 3.32. The molecule has 0 spiro atoms. The molecule has 0 radical (unpaired) electrons. The third-order valence-electron chi connectivity index (χ3n) is 3.75. The molecule has 0 aliphatic carbocycles. The van der Waals surface area contributed by atoms with E-state index >= 15 is 0 Å². The van der Waals surface area contributed by atoms with Crippen LogP contribution in [0.2, 0.25) is 10.0 Å². The number of ether oxygens (including phenoxy) is 1. The smallest absolute Gasteiger partial charge is 0.277 e. The Hall–Kier alpha value is -2.88. The molecule has 4 rings (SSSR count). The van der Waals surface area contributed by atoms with Crippen LogP contribution in [-0.2, 0) is 11.4 Å². The Balaban J connectivity index is 1.29. The molecule has 2 heterocycles. The Morgan fingerprint density at radius 1 is 1.13 bits per heavy atom. The molecule has 0 saturated heterocycles. The Morgan fingerprint density at radius 2 is 1.97 bits per heavy atom. The average Bonchev–Trinajstić information content (AvgIpc) is 3.21. The third kappa shape index (κ3) is 5.18. The van der Waals surface area contributed by atoms with Crippen LogP contribution in [0.1, 0.15) is 5.89 Å². The summed E-state index contributed by atoms with van der Waals surface area (Å²) in [6.45, 7) is 0.0326. The van der Waals surface area contributed by atoms with Crippen LogP contribution in [0.15, 0.2) is 58.3 Å². The van der Waals surface area contributed by atoms with E-state index in [2.05, 4.69) is 25.5 Å². The van der Waals surface area contributed by atoms with Crippen LogP contribution in [0.3, 0.4) is 0 Å². The van der Waals surface area contributed by atoms with Crippen molar-refractivity contribution in [2.45, 2.75) is 11.8 Å². The average molecular weight is 462 g/mol. The van der Waals surface area contributed by atoms with Gasteiger partial charge in [0.25, 0.3) is 11.1 Å². The Labute approximate surface area is 185 Å². The number of para-hydroxylation sites is 2. The van der Waals surface area contributed by atoms with Gasteiger partial charge in [0.05, 0.1) is 33.7 Å². The fourth-order valence-electron chi connectivity index (χ4n) is 2.41. The number of fused-ring (bicyclic) bond motifs is 1. The number of hydrogen-bond acceptors (Lipinski definition) is 8. The number of thioether (sulfide) groups is 1. The molecule has 2 aromatic heterocycles. The van der Waals surface area contributed by atoms with Gasteiger partial charge in [0.1, 0.15) is 0 Å². The van der Waals surface area contributed by atoms with E-state index in [1.807, 2.05) is 24.3 Å². The van der Waals surface area contributed by atoms with Crippen molar-refractivity contribution in [2.24, 2.45) is 0 Å². The van der Waals surface area contributed by atoms with Crippen LogP contribution in [0, 0.1) is 0 Å². The second-order valence-electron chi connectivity index (χ2n) is 5.91. The van der Waals surface area contributed by atoms with Gasteiger partial charge < -0.3 is 14.5 Å². The molecule has 0 aliphatic heterocycles. The molecule has 0 unspecified atom stereocenters. The summed E-state index contributed by atoms with van der Waals surface area (Å²) in [4.78, 5) is 20.7. The maximum atomic E-state index is 12.1. The molecule has 0 bridgehead atoms. The summed E-state index contributed by atoms with van der Waals surface area (Å²) < 4.78 is 11.0. The molecular formula is C19H13Cl2N5O3S. The van der Waals surface area contributed by atoms with Crippen molar-refractivity contribution in [3.8, 4) is 5.88 Å². The zero-order chi connectivity index (χ0) is 20.9. The van der Waals surface area contributed by atoms with Crippen molar-refractivity contribution in [1.82, 2.24) is 20.2 Å². The van der Waals surface area contributed by atoms with E-state index in [0.29, 0.717) is 21.6 Å². The number of nitrogens with zero attached hydrogens (tertiary/aromatic N) is 4. The predicted octanol–water partition coefficient (Wildman–Crippen LogP) is 4.63. The zero-order valence-corrected chi connectivity index (χ0v) is 17.5. The summed E-state index contributed by atoms with van der Waals surface area (Å²) in [5.41, 5.74) is 1.94. The molecule has 30 heavy (non-hydrogen) atoms. The van der Waals surface area contributed by atoms with Crippen LogP contribution in [-0.4, -0.2) is 31.8 Å². The van der Waals surface area contributed by atoms with E-state index in [1.54, 1.807) is 18.2 Å². The zero-order valence-electron chi connectivity index (χ0n) is 15.2. The molecule has 8 nitrogen and oxygen atoms in total. The molecule has 0 fully saturated rings. The van der Waals surface area contributed by atoms with Crippen molar-refractivity contribution in [3.05, 3.63) is 64.6 Å². The maximum absolute atomic E-state index is 12.1. The molecule has 4 aromatic rings. The minimum Gasteiger partial charge on any atom is -0.466 e. The Bertz CT molecular complexity index is 1200. The van der Waals surface area contributed by atoms with Gasteiger partial charge in [0.2, 0.25) is 11.8 Å². The highest BCUT2D eigenvalue weighted by Crippen LogP contribution is 2.26. The van der Waals surface area contributed by atoms with Gasteiger partial charge in [0.15, 0.2) is 6.61 Å². The standard InChI is InChI=1S/C19H13Cl2N5O3S/c20-11-5-6-12(21)15(7-11)23-16(27)10-30-19-26-25-18(29-19)9-28-17-8-22-13-3-1-2-4-14(13)24-17/h1-8H,9-10H2,(H,23,27). The summed E-state index contributed by atoms with van der Waals surface area (Å²) in [6.07, 6.45) is 1.53. The van der Waals surface area contributed by atoms with E-state index in [1.165, 1.54) is 6.20 Å². The predicted molar refractivity (Wildman–Crippen MR) is 114 cm³/mol. The number of hydrogen-bond donors (Lipinski definition) is 1. The lowest BCUT2D eigenvalue weighted by molar-refractivity contribution is -0.113.